The first-order valence-corrected chi connectivity index (χ1v) is 4.25. The van der Waals surface area contributed by atoms with E-state index >= 15 is 0 Å². The maximum Gasteiger partial charge on any atom is 0.165 e. The number of nitrogen functional groups attached to an aromatic ring is 1. The molecule has 0 fully saturated rings. The molecule has 0 aliphatic rings. The van der Waals surface area contributed by atoms with Gasteiger partial charge in [0.05, 0.1) is 6.33 Å². The zero-order valence-electron chi connectivity index (χ0n) is 7.78. The molecule has 0 radical (unpaired) electrons. The molecule has 0 unspecified atom stereocenters. The van der Waals surface area contributed by atoms with Crippen molar-refractivity contribution in [1.29, 1.82) is 0 Å². The largest absolute Gasteiger partial charge is 0.382 e. The lowest BCUT2D eigenvalue weighted by molar-refractivity contribution is 0.718. The number of azide groups is 1. The average Bonchev–Trinajstić information content (AvgIpc) is 2.64. The third kappa shape index (κ3) is 1.65. The van der Waals surface area contributed by atoms with E-state index in [4.69, 9.17) is 11.3 Å². The predicted octanol–water partition coefficient (Wildman–Crippen LogP) is 0.719. The predicted molar refractivity (Wildman–Crippen MR) is 53.7 cm³/mol. The lowest BCUT2D eigenvalue weighted by Crippen LogP contribution is -2.01. The minimum atomic E-state index is 0.350. The van der Waals surface area contributed by atoms with Gasteiger partial charge in [-0.1, -0.05) is 5.11 Å². The third-order valence-electron chi connectivity index (χ3n) is 1.93. The Balaban J connectivity index is 2.36. The van der Waals surface area contributed by atoms with Crippen molar-refractivity contribution in [2.75, 3.05) is 12.3 Å². The lowest BCUT2D eigenvalue weighted by Gasteiger charge is -1.99. The number of nitrogens with two attached hydrogens (primary N) is 1. The summed E-state index contributed by atoms with van der Waals surface area (Å²) in [4.78, 5) is 14.6. The highest BCUT2D eigenvalue weighted by molar-refractivity contribution is 5.80. The van der Waals surface area contributed by atoms with Gasteiger partial charge in [0.15, 0.2) is 11.5 Å². The van der Waals surface area contributed by atoms with E-state index in [1.54, 1.807) is 10.9 Å². The van der Waals surface area contributed by atoms with Crippen molar-refractivity contribution in [3.05, 3.63) is 23.1 Å². The molecule has 2 aromatic rings. The summed E-state index contributed by atoms with van der Waals surface area (Å²) in [5.74, 6) is 0.350. The summed E-state index contributed by atoms with van der Waals surface area (Å²) in [6.45, 7) is 0.878. The monoisotopic (exact) mass is 204 g/mol. The molecule has 0 aliphatic carbocycles. The number of rotatable bonds is 3. The highest BCUT2D eigenvalue weighted by Gasteiger charge is 2.06. The SMILES string of the molecule is [N-]=[N+]=NCCn1cnc2c(N)ncnc21. The van der Waals surface area contributed by atoms with Crippen LogP contribution >= 0.6 is 0 Å². The number of imidazole rings is 1. The van der Waals surface area contributed by atoms with Crippen LogP contribution in [0, 0.1) is 0 Å². The molecular formula is C7H8N8. The topological polar surface area (TPSA) is 118 Å². The van der Waals surface area contributed by atoms with Gasteiger partial charge in [-0.15, -0.1) is 0 Å². The van der Waals surface area contributed by atoms with Crippen LogP contribution in [0.2, 0.25) is 0 Å². The van der Waals surface area contributed by atoms with Crippen LogP contribution in [0.5, 0.6) is 0 Å². The fraction of sp³-hybridized carbons (Fsp3) is 0.286. The summed E-state index contributed by atoms with van der Waals surface area (Å²) >= 11 is 0. The van der Waals surface area contributed by atoms with Crippen LogP contribution in [0.4, 0.5) is 5.82 Å². The minimum Gasteiger partial charge on any atom is -0.382 e. The summed E-state index contributed by atoms with van der Waals surface area (Å²) in [7, 11) is 0. The standard InChI is InChI=1S/C7H8N8/c8-6-5-7(11-3-10-6)15(4-12-5)2-1-13-14-9/h3-4H,1-2H2,(H2,8,10,11). The summed E-state index contributed by atoms with van der Waals surface area (Å²) in [5.41, 5.74) is 15.0. The highest BCUT2D eigenvalue weighted by Crippen LogP contribution is 2.13. The van der Waals surface area contributed by atoms with Crippen molar-refractivity contribution in [2.45, 2.75) is 6.54 Å². The Hall–Kier alpha value is -2.34. The molecule has 2 heterocycles. The molecule has 0 saturated carbocycles. The molecule has 8 heteroatoms. The summed E-state index contributed by atoms with van der Waals surface area (Å²) < 4.78 is 1.77. The molecule has 0 saturated heterocycles. The van der Waals surface area contributed by atoms with Crippen molar-refractivity contribution in [2.24, 2.45) is 5.11 Å². The Morgan fingerprint density at radius 2 is 2.33 bits per heavy atom. The Bertz CT molecular complexity index is 523. The quantitative estimate of drug-likeness (QED) is 0.450. The molecule has 2 rings (SSSR count). The zero-order chi connectivity index (χ0) is 10.7. The van der Waals surface area contributed by atoms with Crippen LogP contribution in [0.25, 0.3) is 21.6 Å². The van der Waals surface area contributed by atoms with Crippen LogP contribution in [-0.4, -0.2) is 26.1 Å². The molecule has 0 bridgehead atoms. The molecule has 2 N–H and O–H groups in total. The first kappa shape index (κ1) is 9.22. The number of aromatic nitrogens is 4. The van der Waals surface area contributed by atoms with E-state index in [2.05, 4.69) is 25.0 Å². The van der Waals surface area contributed by atoms with Gasteiger partial charge >= 0.3 is 0 Å². The van der Waals surface area contributed by atoms with Gasteiger partial charge in [-0.05, 0) is 5.53 Å². The number of hydrogen-bond donors (Lipinski definition) is 1. The smallest absolute Gasteiger partial charge is 0.165 e. The number of fused-ring (bicyclic) bond motifs is 1. The molecule has 0 spiro atoms. The third-order valence-corrected chi connectivity index (χ3v) is 1.93. The van der Waals surface area contributed by atoms with Gasteiger partial charge in [0.1, 0.15) is 11.8 Å². The minimum absolute atomic E-state index is 0.350. The summed E-state index contributed by atoms with van der Waals surface area (Å²) in [5, 5.41) is 3.43. The molecule has 0 atom stereocenters. The second-order valence-electron chi connectivity index (χ2n) is 2.82. The first-order valence-electron chi connectivity index (χ1n) is 4.25. The van der Waals surface area contributed by atoms with E-state index in [9.17, 15) is 0 Å². The fourth-order valence-electron chi connectivity index (χ4n) is 1.26. The van der Waals surface area contributed by atoms with Crippen LogP contribution < -0.4 is 5.73 Å². The second kappa shape index (κ2) is 3.81. The molecule has 0 aliphatic heterocycles. The molecular weight excluding hydrogens is 196 g/mol. The summed E-state index contributed by atoms with van der Waals surface area (Å²) in [6.07, 6.45) is 2.98. The van der Waals surface area contributed by atoms with Crippen LogP contribution in [0.15, 0.2) is 17.8 Å². The van der Waals surface area contributed by atoms with Gasteiger partial charge in [-0.25, -0.2) is 15.0 Å². The van der Waals surface area contributed by atoms with E-state index in [0.29, 0.717) is 30.1 Å². The van der Waals surface area contributed by atoms with E-state index in [1.165, 1.54) is 6.33 Å². The van der Waals surface area contributed by atoms with Crippen molar-refractivity contribution in [3.8, 4) is 0 Å². The maximum atomic E-state index is 8.14. The van der Waals surface area contributed by atoms with E-state index in [1.807, 2.05) is 0 Å². The van der Waals surface area contributed by atoms with Gasteiger partial charge in [-0.3, -0.25) is 0 Å². The average molecular weight is 204 g/mol. The number of hydrogen-bond acceptors (Lipinski definition) is 5. The Morgan fingerprint density at radius 1 is 1.47 bits per heavy atom. The molecule has 0 amide bonds. The molecule has 2 aromatic heterocycles. The Morgan fingerprint density at radius 3 is 3.13 bits per heavy atom. The molecule has 76 valence electrons. The van der Waals surface area contributed by atoms with Crippen molar-refractivity contribution in [3.63, 3.8) is 0 Å². The first-order chi connectivity index (χ1) is 7.33. The van der Waals surface area contributed by atoms with Crippen LogP contribution in [0.1, 0.15) is 0 Å². The Labute approximate surface area is 84.4 Å². The molecule has 15 heavy (non-hydrogen) atoms. The molecule has 0 aromatic carbocycles. The zero-order valence-corrected chi connectivity index (χ0v) is 7.78. The number of nitrogens with zero attached hydrogens (tertiary/aromatic N) is 7. The molecule has 8 nitrogen and oxygen atoms in total. The van der Waals surface area contributed by atoms with E-state index in [-0.39, 0.29) is 0 Å². The summed E-state index contributed by atoms with van der Waals surface area (Å²) in [6, 6.07) is 0. The second-order valence-corrected chi connectivity index (χ2v) is 2.82. The van der Waals surface area contributed by atoms with Gasteiger partial charge in [-0.2, -0.15) is 0 Å². The van der Waals surface area contributed by atoms with Crippen molar-refractivity contribution in [1.82, 2.24) is 19.5 Å². The van der Waals surface area contributed by atoms with Gasteiger partial charge in [0.2, 0.25) is 0 Å². The van der Waals surface area contributed by atoms with Crippen LogP contribution in [0.3, 0.4) is 0 Å². The van der Waals surface area contributed by atoms with Crippen molar-refractivity contribution < 1.29 is 0 Å². The van der Waals surface area contributed by atoms with Gasteiger partial charge in [0.25, 0.3) is 0 Å². The maximum absolute atomic E-state index is 8.14. The number of anilines is 1. The van der Waals surface area contributed by atoms with Crippen LogP contribution in [-0.2, 0) is 6.54 Å². The van der Waals surface area contributed by atoms with E-state index < -0.39 is 0 Å². The highest BCUT2D eigenvalue weighted by atomic mass is 15.2. The van der Waals surface area contributed by atoms with E-state index in [0.717, 1.165) is 0 Å². The van der Waals surface area contributed by atoms with Gasteiger partial charge in [0, 0.05) is 18.0 Å². The fourth-order valence-corrected chi connectivity index (χ4v) is 1.26. The lowest BCUT2D eigenvalue weighted by atomic mass is 10.5. The normalized spacial score (nSPS) is 10.1. The Kier molecular flexibility index (Phi) is 2.34. The van der Waals surface area contributed by atoms with Crippen molar-refractivity contribution >= 4 is 17.0 Å². The van der Waals surface area contributed by atoms with Gasteiger partial charge < -0.3 is 10.3 Å².